The molecule has 20 heavy (non-hydrogen) atoms. The largest absolute Gasteiger partial charge is 0.394 e. The normalized spacial score (nSPS) is 10.7. The number of hydrogen-bond acceptors (Lipinski definition) is 7. The molecule has 0 unspecified atom stereocenters. The van der Waals surface area contributed by atoms with Gasteiger partial charge in [-0.15, -0.1) is 5.10 Å². The first kappa shape index (κ1) is 14.4. The lowest BCUT2D eigenvalue weighted by Gasteiger charge is -2.03. The highest BCUT2D eigenvalue weighted by atomic mass is 32.2. The third kappa shape index (κ3) is 3.52. The minimum atomic E-state index is -0.379. The van der Waals surface area contributed by atoms with Crippen LogP contribution in [0.1, 0.15) is 5.56 Å². The van der Waals surface area contributed by atoms with Crippen molar-refractivity contribution >= 4 is 17.4 Å². The number of benzene rings is 1. The molecule has 1 N–H and O–H groups in total. The van der Waals surface area contributed by atoms with Gasteiger partial charge in [-0.1, -0.05) is 30.0 Å². The van der Waals surface area contributed by atoms with E-state index in [2.05, 4.69) is 15.5 Å². The highest BCUT2D eigenvalue weighted by molar-refractivity contribution is 7.99. The molecule has 0 saturated carbocycles. The van der Waals surface area contributed by atoms with Crippen molar-refractivity contribution in [3.05, 3.63) is 39.9 Å². The number of aliphatic hydroxyl groups excluding tert-OH is 1. The molecule has 0 fully saturated rings. The van der Waals surface area contributed by atoms with Crippen LogP contribution in [0.25, 0.3) is 0 Å². The van der Waals surface area contributed by atoms with Crippen molar-refractivity contribution in [3.8, 4) is 0 Å². The Morgan fingerprint density at radius 2 is 2.20 bits per heavy atom. The number of tetrazole rings is 1. The summed E-state index contributed by atoms with van der Waals surface area (Å²) in [6, 6.07) is 6.67. The molecular weight excluding hydrogens is 282 g/mol. The van der Waals surface area contributed by atoms with Gasteiger partial charge in [-0.25, -0.2) is 4.68 Å². The van der Waals surface area contributed by atoms with Gasteiger partial charge in [0.2, 0.25) is 5.16 Å². The van der Waals surface area contributed by atoms with Gasteiger partial charge in [0.15, 0.2) is 0 Å². The Bertz CT molecular complexity index is 589. The van der Waals surface area contributed by atoms with E-state index in [0.29, 0.717) is 29.4 Å². The van der Waals surface area contributed by atoms with Crippen LogP contribution in [0.2, 0.25) is 0 Å². The van der Waals surface area contributed by atoms with Gasteiger partial charge in [-0.3, -0.25) is 10.1 Å². The predicted octanol–water partition coefficient (Wildman–Crippen LogP) is 0.908. The Labute approximate surface area is 119 Å². The van der Waals surface area contributed by atoms with Gasteiger partial charge < -0.3 is 5.11 Å². The topological polar surface area (TPSA) is 107 Å². The number of nitrogens with zero attached hydrogens (tertiary/aromatic N) is 5. The lowest BCUT2D eigenvalue weighted by atomic mass is 10.1. The molecule has 1 aromatic heterocycles. The SMILES string of the molecule is O=[N+]([O-])c1ccccc1CCSc1nnnn1CCO. The molecule has 0 aliphatic rings. The van der Waals surface area contributed by atoms with E-state index in [9.17, 15) is 10.1 Å². The fourth-order valence-electron chi connectivity index (χ4n) is 1.69. The molecule has 106 valence electrons. The van der Waals surface area contributed by atoms with Gasteiger partial charge in [-0.05, 0) is 16.8 Å². The minimum Gasteiger partial charge on any atom is -0.394 e. The zero-order valence-electron chi connectivity index (χ0n) is 10.5. The van der Waals surface area contributed by atoms with Crippen LogP contribution in [0.4, 0.5) is 5.69 Å². The maximum atomic E-state index is 10.9. The predicted molar refractivity (Wildman–Crippen MR) is 72.4 cm³/mol. The average Bonchev–Trinajstić information content (AvgIpc) is 2.87. The molecule has 0 atom stereocenters. The van der Waals surface area contributed by atoms with Crippen molar-refractivity contribution in [2.24, 2.45) is 0 Å². The average molecular weight is 295 g/mol. The number of thioether (sulfide) groups is 1. The Hall–Kier alpha value is -2.00. The Morgan fingerprint density at radius 3 is 2.95 bits per heavy atom. The summed E-state index contributed by atoms with van der Waals surface area (Å²) in [5.41, 5.74) is 0.814. The number of hydrogen-bond donors (Lipinski definition) is 1. The van der Waals surface area contributed by atoms with Gasteiger partial charge in [0.25, 0.3) is 5.69 Å². The third-order valence-corrected chi connectivity index (χ3v) is 3.56. The number of rotatable bonds is 7. The zero-order chi connectivity index (χ0) is 14.4. The zero-order valence-corrected chi connectivity index (χ0v) is 11.4. The van der Waals surface area contributed by atoms with Crippen LogP contribution in [0.15, 0.2) is 29.4 Å². The van der Waals surface area contributed by atoms with Crippen molar-refractivity contribution < 1.29 is 10.0 Å². The van der Waals surface area contributed by atoms with E-state index in [1.807, 2.05) is 0 Å². The monoisotopic (exact) mass is 295 g/mol. The first-order chi connectivity index (χ1) is 9.72. The van der Waals surface area contributed by atoms with Crippen LogP contribution in [0, 0.1) is 10.1 Å². The maximum absolute atomic E-state index is 10.9. The Kier molecular flexibility index (Phi) is 5.02. The van der Waals surface area contributed by atoms with Crippen molar-refractivity contribution in [1.29, 1.82) is 0 Å². The van der Waals surface area contributed by atoms with E-state index < -0.39 is 0 Å². The van der Waals surface area contributed by atoms with Crippen LogP contribution in [0.5, 0.6) is 0 Å². The summed E-state index contributed by atoms with van der Waals surface area (Å²) < 4.78 is 1.50. The second-order valence-electron chi connectivity index (χ2n) is 3.89. The number of nitro groups is 1. The van der Waals surface area contributed by atoms with Crippen LogP contribution in [-0.4, -0.2) is 42.6 Å². The fraction of sp³-hybridized carbons (Fsp3) is 0.364. The van der Waals surface area contributed by atoms with Gasteiger partial charge >= 0.3 is 0 Å². The summed E-state index contributed by atoms with van der Waals surface area (Å²) in [6.45, 7) is 0.295. The number of nitro benzene ring substituents is 1. The van der Waals surface area contributed by atoms with Gasteiger partial charge in [0, 0.05) is 17.4 Å². The summed E-state index contributed by atoms with van der Waals surface area (Å²) >= 11 is 1.40. The van der Waals surface area contributed by atoms with Crippen LogP contribution >= 0.6 is 11.8 Å². The second-order valence-corrected chi connectivity index (χ2v) is 4.95. The first-order valence-electron chi connectivity index (χ1n) is 5.94. The minimum absolute atomic E-state index is 0.0389. The lowest BCUT2D eigenvalue weighted by molar-refractivity contribution is -0.385. The van der Waals surface area contributed by atoms with Gasteiger partial charge in [0.1, 0.15) is 0 Å². The lowest BCUT2D eigenvalue weighted by Crippen LogP contribution is -2.06. The van der Waals surface area contributed by atoms with Crippen molar-refractivity contribution in [3.63, 3.8) is 0 Å². The number of aliphatic hydroxyl groups is 1. The first-order valence-corrected chi connectivity index (χ1v) is 6.93. The summed E-state index contributed by atoms with van der Waals surface area (Å²) in [5, 5.41) is 31.5. The molecule has 9 heteroatoms. The highest BCUT2D eigenvalue weighted by Crippen LogP contribution is 2.21. The standard InChI is InChI=1S/C11H13N5O3S/c17-7-6-15-11(12-13-14-15)20-8-5-9-3-1-2-4-10(9)16(18)19/h1-4,17H,5-8H2. The van der Waals surface area contributed by atoms with E-state index in [1.54, 1.807) is 18.2 Å². The molecule has 0 aliphatic heterocycles. The van der Waals surface area contributed by atoms with Crippen molar-refractivity contribution in [2.45, 2.75) is 18.1 Å². The summed E-state index contributed by atoms with van der Waals surface area (Å²) in [5.74, 6) is 0.622. The fourth-order valence-corrected chi connectivity index (χ4v) is 2.56. The molecule has 2 aromatic rings. The highest BCUT2D eigenvalue weighted by Gasteiger charge is 2.13. The molecule has 0 aliphatic carbocycles. The van der Waals surface area contributed by atoms with E-state index in [1.165, 1.54) is 22.5 Å². The molecule has 0 amide bonds. The molecule has 1 aromatic carbocycles. The second kappa shape index (κ2) is 6.96. The summed E-state index contributed by atoms with van der Waals surface area (Å²) in [6.07, 6.45) is 0.549. The van der Waals surface area contributed by atoms with Gasteiger partial charge in [0.05, 0.1) is 18.1 Å². The van der Waals surface area contributed by atoms with Crippen molar-refractivity contribution in [2.75, 3.05) is 12.4 Å². The third-order valence-electron chi connectivity index (χ3n) is 2.60. The van der Waals surface area contributed by atoms with Crippen LogP contribution in [-0.2, 0) is 13.0 Å². The van der Waals surface area contributed by atoms with E-state index in [-0.39, 0.29) is 17.2 Å². The molecule has 0 spiro atoms. The van der Waals surface area contributed by atoms with Crippen molar-refractivity contribution in [1.82, 2.24) is 20.2 Å². The smallest absolute Gasteiger partial charge is 0.272 e. The summed E-state index contributed by atoms with van der Waals surface area (Å²) in [4.78, 5) is 10.5. The van der Waals surface area contributed by atoms with Crippen LogP contribution in [0.3, 0.4) is 0 Å². The van der Waals surface area contributed by atoms with E-state index >= 15 is 0 Å². The Balaban J connectivity index is 1.96. The van der Waals surface area contributed by atoms with Gasteiger partial charge in [-0.2, -0.15) is 0 Å². The molecule has 0 saturated heterocycles. The number of para-hydroxylation sites is 1. The molecule has 8 nitrogen and oxygen atoms in total. The molecule has 2 rings (SSSR count). The number of aromatic nitrogens is 4. The molecule has 1 heterocycles. The maximum Gasteiger partial charge on any atom is 0.272 e. The Morgan fingerprint density at radius 1 is 1.40 bits per heavy atom. The van der Waals surface area contributed by atoms with E-state index in [0.717, 1.165) is 0 Å². The number of aryl methyl sites for hydroxylation is 1. The molecule has 0 radical (unpaired) electrons. The molecule has 0 bridgehead atoms. The summed E-state index contributed by atoms with van der Waals surface area (Å²) in [7, 11) is 0. The van der Waals surface area contributed by atoms with Crippen LogP contribution < -0.4 is 0 Å². The molecular formula is C11H13N5O3S. The van der Waals surface area contributed by atoms with E-state index in [4.69, 9.17) is 5.11 Å². The quantitative estimate of drug-likeness (QED) is 0.459.